The van der Waals surface area contributed by atoms with Gasteiger partial charge in [-0.15, -0.1) is 0 Å². The second-order valence-corrected chi connectivity index (χ2v) is 5.24. The van der Waals surface area contributed by atoms with E-state index >= 15 is 0 Å². The van der Waals surface area contributed by atoms with E-state index in [1.807, 2.05) is 0 Å². The lowest BCUT2D eigenvalue weighted by atomic mass is 9.76. The third-order valence-electron chi connectivity index (χ3n) is 4.28. The van der Waals surface area contributed by atoms with Crippen molar-refractivity contribution in [2.75, 3.05) is 0 Å². The minimum absolute atomic E-state index is 0.328. The van der Waals surface area contributed by atoms with E-state index < -0.39 is 0 Å². The first kappa shape index (κ1) is 12.6. The number of benzene rings is 1. The molecule has 1 aromatic carbocycles. The number of nitrogens with one attached hydrogen (secondary N) is 1. The van der Waals surface area contributed by atoms with Gasteiger partial charge in [0.05, 0.1) is 0 Å². The number of hydrazine groups is 1. The maximum Gasteiger partial charge on any atom is 0.0488 e. The Bertz CT molecular complexity index is 315. The van der Waals surface area contributed by atoms with E-state index in [1.54, 1.807) is 0 Å². The van der Waals surface area contributed by atoms with E-state index in [4.69, 9.17) is 5.84 Å². The van der Waals surface area contributed by atoms with Gasteiger partial charge in [-0.05, 0) is 30.2 Å². The summed E-state index contributed by atoms with van der Waals surface area (Å²) in [6.07, 6.45) is 6.68. The van der Waals surface area contributed by atoms with Gasteiger partial charge in [0.25, 0.3) is 0 Å². The molecule has 0 heterocycles. The van der Waals surface area contributed by atoms with Gasteiger partial charge in [0, 0.05) is 6.04 Å². The third kappa shape index (κ3) is 3.08. The highest BCUT2D eigenvalue weighted by molar-refractivity contribution is 5.19. The van der Waals surface area contributed by atoms with E-state index in [2.05, 4.69) is 42.7 Å². The average Bonchev–Trinajstić information content (AvgIpc) is 2.42. The molecule has 1 aromatic rings. The molecule has 1 atom stereocenters. The highest BCUT2D eigenvalue weighted by Gasteiger charge is 2.27. The van der Waals surface area contributed by atoms with E-state index in [1.165, 1.54) is 37.7 Å². The fraction of sp³-hybridized carbons (Fsp3) is 0.600. The Kier molecular flexibility index (Phi) is 4.57. The van der Waals surface area contributed by atoms with Crippen LogP contribution in [0, 0.1) is 11.8 Å². The van der Waals surface area contributed by atoms with Gasteiger partial charge in [0.15, 0.2) is 0 Å². The zero-order valence-electron chi connectivity index (χ0n) is 10.7. The Morgan fingerprint density at radius 1 is 1.18 bits per heavy atom. The first-order valence-electron chi connectivity index (χ1n) is 6.86. The van der Waals surface area contributed by atoms with Gasteiger partial charge in [-0.1, -0.05) is 56.5 Å². The van der Waals surface area contributed by atoms with Crippen LogP contribution < -0.4 is 11.3 Å². The second kappa shape index (κ2) is 6.18. The molecule has 0 radical (unpaired) electrons. The lowest BCUT2D eigenvalue weighted by Gasteiger charge is -2.33. The van der Waals surface area contributed by atoms with Crippen LogP contribution in [0.5, 0.6) is 0 Å². The molecule has 0 saturated heterocycles. The van der Waals surface area contributed by atoms with Crippen molar-refractivity contribution >= 4 is 0 Å². The number of nitrogens with two attached hydrogens (primary N) is 1. The summed E-state index contributed by atoms with van der Waals surface area (Å²) < 4.78 is 0. The molecular formula is C15H24N2. The van der Waals surface area contributed by atoms with Gasteiger partial charge >= 0.3 is 0 Å². The molecule has 1 aliphatic rings. The van der Waals surface area contributed by atoms with Crippen LogP contribution in [0.15, 0.2) is 30.3 Å². The van der Waals surface area contributed by atoms with Crippen LogP contribution in [0.1, 0.15) is 50.6 Å². The zero-order chi connectivity index (χ0) is 12.1. The zero-order valence-corrected chi connectivity index (χ0v) is 10.7. The number of hydrogen-bond acceptors (Lipinski definition) is 2. The van der Waals surface area contributed by atoms with E-state index in [0.29, 0.717) is 12.0 Å². The van der Waals surface area contributed by atoms with Gasteiger partial charge in [-0.25, -0.2) is 0 Å². The largest absolute Gasteiger partial charge is 0.271 e. The van der Waals surface area contributed by atoms with Crippen molar-refractivity contribution in [3.63, 3.8) is 0 Å². The molecule has 0 spiro atoms. The fourth-order valence-corrected chi connectivity index (χ4v) is 3.09. The minimum atomic E-state index is 0.328. The SMILES string of the molecule is CCC1CCC(C(NN)c2ccccc2)CC1. The molecule has 0 aliphatic heterocycles. The predicted octanol–water partition coefficient (Wildman–Crippen LogP) is 3.41. The summed E-state index contributed by atoms with van der Waals surface area (Å²) in [6.45, 7) is 2.31. The van der Waals surface area contributed by atoms with Crippen molar-refractivity contribution in [2.45, 2.75) is 45.1 Å². The lowest BCUT2D eigenvalue weighted by molar-refractivity contribution is 0.219. The lowest BCUT2D eigenvalue weighted by Crippen LogP contribution is -2.35. The van der Waals surface area contributed by atoms with Crippen molar-refractivity contribution in [3.05, 3.63) is 35.9 Å². The van der Waals surface area contributed by atoms with Crippen molar-refractivity contribution in [3.8, 4) is 0 Å². The summed E-state index contributed by atoms with van der Waals surface area (Å²) >= 11 is 0. The average molecular weight is 232 g/mol. The summed E-state index contributed by atoms with van der Waals surface area (Å²) in [5.74, 6) is 7.40. The van der Waals surface area contributed by atoms with E-state index in [9.17, 15) is 0 Å². The van der Waals surface area contributed by atoms with Crippen LogP contribution >= 0.6 is 0 Å². The molecule has 1 fully saturated rings. The van der Waals surface area contributed by atoms with Gasteiger partial charge in [-0.3, -0.25) is 11.3 Å². The fourth-order valence-electron chi connectivity index (χ4n) is 3.09. The molecular weight excluding hydrogens is 208 g/mol. The third-order valence-corrected chi connectivity index (χ3v) is 4.28. The minimum Gasteiger partial charge on any atom is -0.271 e. The van der Waals surface area contributed by atoms with E-state index in [-0.39, 0.29) is 0 Å². The predicted molar refractivity (Wildman–Crippen MR) is 72.2 cm³/mol. The van der Waals surface area contributed by atoms with Crippen LogP contribution in [0.4, 0.5) is 0 Å². The molecule has 0 amide bonds. The van der Waals surface area contributed by atoms with Gasteiger partial charge in [0.2, 0.25) is 0 Å². The highest BCUT2D eigenvalue weighted by Crippen LogP contribution is 2.37. The van der Waals surface area contributed by atoms with Crippen LogP contribution in [0.3, 0.4) is 0 Å². The second-order valence-electron chi connectivity index (χ2n) is 5.24. The molecule has 2 rings (SSSR count). The standard InChI is InChI=1S/C15H24N2/c1-2-12-8-10-14(11-9-12)15(17-16)13-6-4-3-5-7-13/h3-7,12,14-15,17H,2,8-11,16H2,1H3. The summed E-state index contributed by atoms with van der Waals surface area (Å²) in [5, 5.41) is 0. The van der Waals surface area contributed by atoms with Crippen molar-refractivity contribution in [1.82, 2.24) is 5.43 Å². The highest BCUT2D eigenvalue weighted by atomic mass is 15.2. The Hall–Kier alpha value is -0.860. The maximum absolute atomic E-state index is 5.75. The maximum atomic E-state index is 5.75. The van der Waals surface area contributed by atoms with Crippen molar-refractivity contribution in [2.24, 2.45) is 17.7 Å². The topological polar surface area (TPSA) is 38.0 Å². The summed E-state index contributed by atoms with van der Waals surface area (Å²) in [7, 11) is 0. The van der Waals surface area contributed by atoms with Crippen LogP contribution in [0.25, 0.3) is 0 Å². The van der Waals surface area contributed by atoms with Crippen LogP contribution in [-0.4, -0.2) is 0 Å². The molecule has 17 heavy (non-hydrogen) atoms. The summed E-state index contributed by atoms with van der Waals surface area (Å²) in [5.41, 5.74) is 4.35. The van der Waals surface area contributed by atoms with Gasteiger partial charge < -0.3 is 0 Å². The smallest absolute Gasteiger partial charge is 0.0488 e. The van der Waals surface area contributed by atoms with Gasteiger partial charge in [-0.2, -0.15) is 0 Å². The van der Waals surface area contributed by atoms with Crippen molar-refractivity contribution in [1.29, 1.82) is 0 Å². The normalized spacial score (nSPS) is 26.7. The number of hydrogen-bond donors (Lipinski definition) is 2. The van der Waals surface area contributed by atoms with Crippen molar-refractivity contribution < 1.29 is 0 Å². The first-order chi connectivity index (χ1) is 8.35. The molecule has 1 unspecified atom stereocenters. The molecule has 94 valence electrons. The van der Waals surface area contributed by atoms with Crippen LogP contribution in [-0.2, 0) is 0 Å². The summed E-state index contributed by atoms with van der Waals surface area (Å²) in [4.78, 5) is 0. The summed E-state index contributed by atoms with van der Waals surface area (Å²) in [6, 6.07) is 10.9. The molecule has 1 aliphatic carbocycles. The Labute approximate surface area is 105 Å². The molecule has 3 N–H and O–H groups in total. The Morgan fingerprint density at radius 2 is 1.82 bits per heavy atom. The Balaban J connectivity index is 2.00. The molecule has 2 heteroatoms. The molecule has 2 nitrogen and oxygen atoms in total. The van der Waals surface area contributed by atoms with Crippen LogP contribution in [0.2, 0.25) is 0 Å². The van der Waals surface area contributed by atoms with Gasteiger partial charge in [0.1, 0.15) is 0 Å². The number of rotatable bonds is 4. The van der Waals surface area contributed by atoms with E-state index in [0.717, 1.165) is 5.92 Å². The molecule has 0 bridgehead atoms. The monoisotopic (exact) mass is 232 g/mol. The quantitative estimate of drug-likeness (QED) is 0.616. The first-order valence-corrected chi connectivity index (χ1v) is 6.86. The molecule has 1 saturated carbocycles. The Morgan fingerprint density at radius 3 is 2.35 bits per heavy atom. The molecule has 0 aromatic heterocycles.